The third kappa shape index (κ3) is 3.07. The van der Waals surface area contributed by atoms with Crippen LogP contribution in [-0.4, -0.2) is 19.2 Å². The number of ether oxygens (including phenoxy) is 1. The predicted molar refractivity (Wildman–Crippen MR) is 72.9 cm³/mol. The number of rotatable bonds is 5. The van der Waals surface area contributed by atoms with E-state index in [-0.39, 0.29) is 12.2 Å². The summed E-state index contributed by atoms with van der Waals surface area (Å²) >= 11 is 0. The first-order valence-electron chi connectivity index (χ1n) is 5.95. The topological polar surface area (TPSA) is 43.4 Å². The average Bonchev–Trinajstić information content (AvgIpc) is 2.48. The van der Waals surface area contributed by atoms with Crippen molar-refractivity contribution < 1.29 is 14.3 Å². The van der Waals surface area contributed by atoms with E-state index < -0.39 is 0 Å². The lowest BCUT2D eigenvalue weighted by molar-refractivity contribution is 0.0993. The highest BCUT2D eigenvalue weighted by Crippen LogP contribution is 2.15. The molecule has 96 valence electrons. The fourth-order valence-corrected chi connectivity index (χ4v) is 1.86. The van der Waals surface area contributed by atoms with Gasteiger partial charge < -0.3 is 4.74 Å². The van der Waals surface area contributed by atoms with Gasteiger partial charge in [-0.05, 0) is 29.8 Å². The first-order valence-corrected chi connectivity index (χ1v) is 5.95. The molecular formula is C16H14O3. The Morgan fingerprint density at radius 2 is 1.79 bits per heavy atom. The minimum absolute atomic E-state index is 0.0167. The maximum atomic E-state index is 12.1. The summed E-state index contributed by atoms with van der Waals surface area (Å²) in [5.41, 5.74) is 1.92. The van der Waals surface area contributed by atoms with E-state index in [0.29, 0.717) is 16.9 Å². The molecule has 0 spiro atoms. The summed E-state index contributed by atoms with van der Waals surface area (Å²) in [6, 6.07) is 14.1. The summed E-state index contributed by atoms with van der Waals surface area (Å²) in [4.78, 5) is 23.0. The van der Waals surface area contributed by atoms with Gasteiger partial charge in [0, 0.05) is 17.5 Å². The highest BCUT2D eigenvalue weighted by Gasteiger charge is 2.09. The number of aldehydes is 1. The number of methoxy groups -OCH3 is 1. The molecule has 19 heavy (non-hydrogen) atoms. The van der Waals surface area contributed by atoms with Gasteiger partial charge in [-0.3, -0.25) is 9.59 Å². The molecule has 0 N–H and O–H groups in total. The van der Waals surface area contributed by atoms with Crippen LogP contribution in [0.25, 0.3) is 0 Å². The number of ketones is 1. The Hall–Kier alpha value is -2.42. The number of carbonyl (C=O) groups is 2. The normalized spacial score (nSPS) is 9.95. The van der Waals surface area contributed by atoms with Crippen molar-refractivity contribution in [3.8, 4) is 5.75 Å². The van der Waals surface area contributed by atoms with Gasteiger partial charge >= 0.3 is 0 Å². The van der Waals surface area contributed by atoms with Crippen LogP contribution in [0.5, 0.6) is 5.75 Å². The lowest BCUT2D eigenvalue weighted by Gasteiger charge is -2.05. The van der Waals surface area contributed by atoms with Crippen molar-refractivity contribution in [1.82, 2.24) is 0 Å². The molecule has 0 aliphatic heterocycles. The van der Waals surface area contributed by atoms with Crippen LogP contribution in [0, 0.1) is 0 Å². The van der Waals surface area contributed by atoms with Crippen molar-refractivity contribution >= 4 is 12.1 Å². The Bertz CT molecular complexity index is 585. The van der Waals surface area contributed by atoms with Crippen LogP contribution >= 0.6 is 0 Å². The highest BCUT2D eigenvalue weighted by atomic mass is 16.5. The molecule has 0 saturated carbocycles. The number of hydrogen-bond acceptors (Lipinski definition) is 3. The zero-order valence-electron chi connectivity index (χ0n) is 10.6. The molecule has 2 aromatic carbocycles. The average molecular weight is 254 g/mol. The Balaban J connectivity index is 2.18. The number of benzene rings is 2. The van der Waals surface area contributed by atoms with E-state index in [9.17, 15) is 9.59 Å². The second-order valence-corrected chi connectivity index (χ2v) is 4.15. The summed E-state index contributed by atoms with van der Waals surface area (Å²) in [5, 5.41) is 0. The largest absolute Gasteiger partial charge is 0.497 e. The molecule has 0 amide bonds. The number of carbonyl (C=O) groups excluding carboxylic acids is 2. The van der Waals surface area contributed by atoms with E-state index in [4.69, 9.17) is 4.74 Å². The lowest BCUT2D eigenvalue weighted by atomic mass is 9.99. The first kappa shape index (κ1) is 13.0. The zero-order chi connectivity index (χ0) is 13.7. The van der Waals surface area contributed by atoms with E-state index in [2.05, 4.69) is 0 Å². The lowest BCUT2D eigenvalue weighted by Crippen LogP contribution is -2.05. The molecule has 0 atom stereocenters. The first-order chi connectivity index (χ1) is 9.24. The van der Waals surface area contributed by atoms with Crippen LogP contribution in [-0.2, 0) is 6.42 Å². The summed E-state index contributed by atoms with van der Waals surface area (Å²) < 4.78 is 5.05. The third-order valence-corrected chi connectivity index (χ3v) is 2.95. The smallest absolute Gasteiger partial charge is 0.167 e. The van der Waals surface area contributed by atoms with E-state index >= 15 is 0 Å². The Morgan fingerprint density at radius 3 is 2.42 bits per heavy atom. The third-order valence-electron chi connectivity index (χ3n) is 2.95. The Kier molecular flexibility index (Phi) is 4.08. The molecule has 0 fully saturated rings. The predicted octanol–water partition coefficient (Wildman–Crippen LogP) is 2.93. The molecular weight excluding hydrogens is 240 g/mol. The minimum Gasteiger partial charge on any atom is -0.497 e. The van der Waals surface area contributed by atoms with Gasteiger partial charge in [0.1, 0.15) is 12.0 Å². The van der Waals surface area contributed by atoms with Crippen molar-refractivity contribution in [3.63, 3.8) is 0 Å². The molecule has 0 aliphatic rings. The fraction of sp³-hybridized carbons (Fsp3) is 0.125. The molecule has 2 rings (SSSR count). The monoisotopic (exact) mass is 254 g/mol. The van der Waals surface area contributed by atoms with Crippen molar-refractivity contribution in [2.45, 2.75) is 6.42 Å². The molecule has 0 aliphatic carbocycles. The van der Waals surface area contributed by atoms with Crippen LogP contribution in [0.3, 0.4) is 0 Å². The standard InChI is InChI=1S/C16H14O3/c1-19-15-8-6-12(7-9-15)16(18)10-13-4-2-3-5-14(13)11-17/h2-9,11H,10H2,1H3. The van der Waals surface area contributed by atoms with Gasteiger partial charge in [-0.2, -0.15) is 0 Å². The molecule has 0 aromatic heterocycles. The highest BCUT2D eigenvalue weighted by molar-refractivity contribution is 5.98. The van der Waals surface area contributed by atoms with Gasteiger partial charge in [-0.25, -0.2) is 0 Å². The zero-order valence-corrected chi connectivity index (χ0v) is 10.6. The van der Waals surface area contributed by atoms with Gasteiger partial charge in [-0.1, -0.05) is 24.3 Å². The van der Waals surface area contributed by atoms with E-state index in [0.717, 1.165) is 11.8 Å². The molecule has 0 bridgehead atoms. The van der Waals surface area contributed by atoms with Crippen molar-refractivity contribution in [2.24, 2.45) is 0 Å². The van der Waals surface area contributed by atoms with Gasteiger partial charge in [-0.15, -0.1) is 0 Å². The van der Waals surface area contributed by atoms with E-state index in [1.165, 1.54) is 0 Å². The second kappa shape index (κ2) is 5.96. The summed E-state index contributed by atoms with van der Waals surface area (Å²) in [6.07, 6.45) is 0.998. The maximum absolute atomic E-state index is 12.1. The SMILES string of the molecule is COc1ccc(C(=O)Cc2ccccc2C=O)cc1. The molecule has 0 radical (unpaired) electrons. The Labute approximate surface area is 111 Å². The summed E-state index contributed by atoms with van der Waals surface area (Å²) in [5.74, 6) is 0.696. The van der Waals surface area contributed by atoms with E-state index in [1.807, 2.05) is 6.07 Å². The molecule has 0 saturated heterocycles. The number of hydrogen-bond donors (Lipinski definition) is 0. The molecule has 3 heteroatoms. The van der Waals surface area contributed by atoms with Gasteiger partial charge in [0.25, 0.3) is 0 Å². The summed E-state index contributed by atoms with van der Waals surface area (Å²) in [7, 11) is 1.58. The van der Waals surface area contributed by atoms with Crippen molar-refractivity contribution in [3.05, 3.63) is 65.2 Å². The fourth-order valence-electron chi connectivity index (χ4n) is 1.86. The van der Waals surface area contributed by atoms with Crippen LogP contribution in [0.15, 0.2) is 48.5 Å². The quantitative estimate of drug-likeness (QED) is 0.608. The molecule has 3 nitrogen and oxygen atoms in total. The maximum Gasteiger partial charge on any atom is 0.167 e. The Morgan fingerprint density at radius 1 is 1.11 bits per heavy atom. The second-order valence-electron chi connectivity index (χ2n) is 4.15. The molecule has 0 unspecified atom stereocenters. The van der Waals surface area contributed by atoms with Crippen molar-refractivity contribution in [2.75, 3.05) is 7.11 Å². The van der Waals surface area contributed by atoms with Crippen molar-refractivity contribution in [1.29, 1.82) is 0 Å². The van der Waals surface area contributed by atoms with Crippen LogP contribution in [0.2, 0.25) is 0 Å². The molecule has 0 heterocycles. The van der Waals surface area contributed by atoms with Gasteiger partial charge in [0.2, 0.25) is 0 Å². The van der Waals surface area contributed by atoms with E-state index in [1.54, 1.807) is 49.6 Å². The number of Topliss-reactive ketones (excluding diaryl/α,β-unsaturated/α-hetero) is 1. The van der Waals surface area contributed by atoms with Crippen LogP contribution < -0.4 is 4.74 Å². The van der Waals surface area contributed by atoms with Crippen LogP contribution in [0.1, 0.15) is 26.3 Å². The molecule has 2 aromatic rings. The summed E-state index contributed by atoms with van der Waals surface area (Å²) in [6.45, 7) is 0. The van der Waals surface area contributed by atoms with Gasteiger partial charge in [0.05, 0.1) is 7.11 Å². The van der Waals surface area contributed by atoms with Crippen LogP contribution in [0.4, 0.5) is 0 Å². The van der Waals surface area contributed by atoms with Gasteiger partial charge in [0.15, 0.2) is 5.78 Å². The minimum atomic E-state index is -0.0167.